The van der Waals surface area contributed by atoms with E-state index in [1.54, 1.807) is 30.3 Å². The smallest absolute Gasteiger partial charge is 0.338 e. The Kier molecular flexibility index (Phi) is 6.22. The molecule has 0 bridgehead atoms. The highest BCUT2D eigenvalue weighted by Gasteiger charge is 2.35. The molecule has 0 saturated heterocycles. The van der Waals surface area contributed by atoms with E-state index in [0.717, 1.165) is 4.90 Å². The van der Waals surface area contributed by atoms with Crippen molar-refractivity contribution in [2.24, 2.45) is 0 Å². The fourth-order valence-electron chi connectivity index (χ4n) is 3.09. The summed E-state index contributed by atoms with van der Waals surface area (Å²) in [4.78, 5) is 52.1. The highest BCUT2D eigenvalue weighted by atomic mass is 16.5. The molecule has 0 radical (unpaired) electrons. The van der Waals surface area contributed by atoms with Crippen LogP contribution in [0.1, 0.15) is 31.1 Å². The van der Waals surface area contributed by atoms with Gasteiger partial charge in [0.05, 0.1) is 16.7 Å². The molecule has 2 aromatic rings. The zero-order valence-corrected chi connectivity index (χ0v) is 16.2. The van der Waals surface area contributed by atoms with Gasteiger partial charge in [-0.05, 0) is 30.3 Å². The van der Waals surface area contributed by atoms with Crippen molar-refractivity contribution < 1.29 is 23.9 Å². The van der Waals surface area contributed by atoms with Crippen LogP contribution in [0.25, 0.3) is 0 Å². The van der Waals surface area contributed by atoms with Crippen molar-refractivity contribution in [2.75, 3.05) is 24.6 Å². The van der Waals surface area contributed by atoms with Crippen LogP contribution in [-0.4, -0.2) is 48.3 Å². The molecule has 7 nitrogen and oxygen atoms in total. The van der Waals surface area contributed by atoms with Gasteiger partial charge in [0.2, 0.25) is 0 Å². The second-order valence-electron chi connectivity index (χ2n) is 6.47. The molecular weight excluding hydrogens is 384 g/mol. The molecule has 7 heteroatoms. The van der Waals surface area contributed by atoms with Crippen LogP contribution in [0.4, 0.5) is 5.69 Å². The van der Waals surface area contributed by atoms with Crippen LogP contribution in [0.15, 0.2) is 73.8 Å². The Labute approximate surface area is 173 Å². The number of ether oxygens (including phenoxy) is 1. The molecule has 3 amide bonds. The van der Waals surface area contributed by atoms with Crippen LogP contribution in [0.2, 0.25) is 0 Å². The van der Waals surface area contributed by atoms with Gasteiger partial charge in [-0.3, -0.25) is 19.3 Å². The largest absolute Gasteiger partial charge is 0.452 e. The number of hydrogen-bond acceptors (Lipinski definition) is 5. The molecule has 152 valence electrons. The molecule has 0 aliphatic carbocycles. The van der Waals surface area contributed by atoms with Gasteiger partial charge in [0.15, 0.2) is 6.61 Å². The van der Waals surface area contributed by atoms with E-state index >= 15 is 0 Å². The zero-order valence-electron chi connectivity index (χ0n) is 16.2. The van der Waals surface area contributed by atoms with E-state index in [1.807, 2.05) is 6.07 Å². The van der Waals surface area contributed by atoms with E-state index in [9.17, 15) is 19.2 Å². The van der Waals surface area contributed by atoms with Crippen LogP contribution in [0.5, 0.6) is 0 Å². The van der Waals surface area contributed by atoms with Crippen molar-refractivity contribution in [3.05, 3.63) is 90.5 Å². The van der Waals surface area contributed by atoms with E-state index in [4.69, 9.17) is 4.74 Å². The summed E-state index contributed by atoms with van der Waals surface area (Å²) < 4.78 is 5.14. The van der Waals surface area contributed by atoms with E-state index < -0.39 is 30.3 Å². The average molecular weight is 404 g/mol. The molecule has 0 unspecified atom stereocenters. The van der Waals surface area contributed by atoms with Gasteiger partial charge in [-0.25, -0.2) is 4.79 Å². The Balaban J connectivity index is 1.71. The van der Waals surface area contributed by atoms with E-state index in [-0.39, 0.29) is 29.8 Å². The van der Waals surface area contributed by atoms with E-state index in [1.165, 1.54) is 29.2 Å². The first-order valence-electron chi connectivity index (χ1n) is 9.22. The highest BCUT2D eigenvalue weighted by Crippen LogP contribution is 2.24. The predicted octanol–water partition coefficient (Wildman–Crippen LogP) is 2.84. The third-order valence-corrected chi connectivity index (χ3v) is 4.53. The first-order chi connectivity index (χ1) is 14.5. The van der Waals surface area contributed by atoms with Crippen LogP contribution in [-0.2, 0) is 9.53 Å². The summed E-state index contributed by atoms with van der Waals surface area (Å²) in [6.07, 6.45) is 3.02. The number of amides is 3. The SMILES string of the molecule is C=CCN1C(=O)c2ccc(C(=O)OCC(=O)N(CC=C)c3ccccc3)cc2C1=O. The molecule has 1 aliphatic heterocycles. The van der Waals surface area contributed by atoms with Gasteiger partial charge in [0.25, 0.3) is 17.7 Å². The molecule has 0 spiro atoms. The summed E-state index contributed by atoms with van der Waals surface area (Å²) in [5.74, 6) is -2.12. The summed E-state index contributed by atoms with van der Waals surface area (Å²) >= 11 is 0. The number of para-hydroxylation sites is 1. The summed E-state index contributed by atoms with van der Waals surface area (Å²) in [6.45, 7) is 7.04. The molecular formula is C23H20N2O5. The van der Waals surface area contributed by atoms with E-state index in [2.05, 4.69) is 13.2 Å². The van der Waals surface area contributed by atoms with Crippen molar-refractivity contribution in [1.82, 2.24) is 4.90 Å². The number of carbonyl (C=O) groups is 4. The first kappa shape index (κ1) is 20.7. The maximum absolute atomic E-state index is 12.6. The third-order valence-electron chi connectivity index (χ3n) is 4.53. The lowest BCUT2D eigenvalue weighted by Crippen LogP contribution is -2.34. The van der Waals surface area contributed by atoms with Gasteiger partial charge in [-0.2, -0.15) is 0 Å². The predicted molar refractivity (Wildman–Crippen MR) is 111 cm³/mol. The molecule has 1 aliphatic rings. The van der Waals surface area contributed by atoms with Crippen molar-refractivity contribution in [2.45, 2.75) is 0 Å². The number of benzene rings is 2. The summed E-state index contributed by atoms with van der Waals surface area (Å²) in [5.41, 5.74) is 1.08. The fraction of sp³-hybridized carbons (Fsp3) is 0.130. The van der Waals surface area contributed by atoms with Crippen molar-refractivity contribution >= 4 is 29.4 Å². The highest BCUT2D eigenvalue weighted by molar-refractivity contribution is 6.22. The Bertz CT molecular complexity index is 1030. The topological polar surface area (TPSA) is 84.0 Å². The molecule has 0 aromatic heterocycles. The van der Waals surface area contributed by atoms with Gasteiger partial charge in [-0.1, -0.05) is 30.4 Å². The normalized spacial score (nSPS) is 12.3. The lowest BCUT2D eigenvalue weighted by Gasteiger charge is -2.21. The van der Waals surface area contributed by atoms with Crippen LogP contribution in [0, 0.1) is 0 Å². The number of imide groups is 1. The Morgan fingerprint density at radius 1 is 0.967 bits per heavy atom. The first-order valence-corrected chi connectivity index (χ1v) is 9.22. The summed E-state index contributed by atoms with van der Waals surface area (Å²) in [7, 11) is 0. The van der Waals surface area contributed by atoms with Gasteiger partial charge in [0, 0.05) is 18.8 Å². The monoisotopic (exact) mass is 404 g/mol. The molecule has 2 aromatic carbocycles. The number of anilines is 1. The Hall–Kier alpha value is -4.00. The maximum Gasteiger partial charge on any atom is 0.338 e. The van der Waals surface area contributed by atoms with Gasteiger partial charge in [-0.15, -0.1) is 13.2 Å². The minimum Gasteiger partial charge on any atom is -0.452 e. The summed E-state index contributed by atoms with van der Waals surface area (Å²) in [6, 6.07) is 13.1. The lowest BCUT2D eigenvalue weighted by atomic mass is 10.1. The zero-order chi connectivity index (χ0) is 21.7. The third kappa shape index (κ3) is 4.05. The molecule has 30 heavy (non-hydrogen) atoms. The Morgan fingerprint density at radius 3 is 2.33 bits per heavy atom. The van der Waals surface area contributed by atoms with Crippen molar-refractivity contribution in [3.8, 4) is 0 Å². The second-order valence-corrected chi connectivity index (χ2v) is 6.47. The molecule has 3 rings (SSSR count). The van der Waals surface area contributed by atoms with Gasteiger partial charge >= 0.3 is 5.97 Å². The van der Waals surface area contributed by atoms with Gasteiger partial charge < -0.3 is 9.64 Å². The quantitative estimate of drug-likeness (QED) is 0.384. The molecule has 0 fully saturated rings. The molecule has 0 N–H and O–H groups in total. The number of esters is 1. The van der Waals surface area contributed by atoms with Crippen molar-refractivity contribution in [3.63, 3.8) is 0 Å². The minimum absolute atomic E-state index is 0.0816. The van der Waals surface area contributed by atoms with E-state index in [0.29, 0.717) is 5.69 Å². The number of rotatable bonds is 8. The lowest BCUT2D eigenvalue weighted by molar-refractivity contribution is -0.121. The summed E-state index contributed by atoms with van der Waals surface area (Å²) in [5, 5.41) is 0. The van der Waals surface area contributed by atoms with Crippen molar-refractivity contribution in [1.29, 1.82) is 0 Å². The minimum atomic E-state index is -0.764. The maximum atomic E-state index is 12.6. The number of nitrogens with zero attached hydrogens (tertiary/aromatic N) is 2. The number of hydrogen-bond donors (Lipinski definition) is 0. The van der Waals surface area contributed by atoms with Crippen LogP contribution < -0.4 is 4.90 Å². The van der Waals surface area contributed by atoms with Crippen LogP contribution >= 0.6 is 0 Å². The fourth-order valence-corrected chi connectivity index (χ4v) is 3.09. The molecule has 0 atom stereocenters. The van der Waals surface area contributed by atoms with Crippen LogP contribution in [0.3, 0.4) is 0 Å². The number of fused-ring (bicyclic) bond motifs is 1. The average Bonchev–Trinajstić information content (AvgIpc) is 3.00. The Morgan fingerprint density at radius 2 is 1.67 bits per heavy atom. The second kappa shape index (κ2) is 9.00. The van der Waals surface area contributed by atoms with Gasteiger partial charge in [0.1, 0.15) is 0 Å². The molecule has 1 heterocycles. The molecule has 0 saturated carbocycles. The number of carbonyl (C=O) groups excluding carboxylic acids is 4. The standard InChI is InChI=1S/C23H20N2O5/c1-3-12-24(17-8-6-5-7-9-17)20(26)15-30-23(29)16-10-11-18-19(14-16)22(28)25(13-4-2)21(18)27/h3-11,14H,1-2,12-13,15H2.